The zero-order chi connectivity index (χ0) is 18.8. The number of carbonyl (C=O) groups excluding carboxylic acids is 1. The Morgan fingerprint density at radius 3 is 2.40 bits per heavy atom. The normalized spacial score (nSPS) is 19.9. The van der Waals surface area contributed by atoms with Gasteiger partial charge in [0.25, 0.3) is 0 Å². The molecular weight excluding hydrogens is 319 g/mol. The van der Waals surface area contributed by atoms with Gasteiger partial charge in [-0.25, -0.2) is 0 Å². The minimum Gasteiger partial charge on any atom is -0.466 e. The fraction of sp³-hybridized carbons (Fsp3) is 0.778. The first-order valence-corrected chi connectivity index (χ1v) is 9.16. The lowest BCUT2D eigenvalue weighted by atomic mass is 9.66. The maximum absolute atomic E-state index is 12.2. The van der Waals surface area contributed by atoms with E-state index in [2.05, 4.69) is 12.0 Å². The lowest BCUT2D eigenvalue weighted by Gasteiger charge is -2.32. The van der Waals surface area contributed by atoms with E-state index in [1.54, 1.807) is 0 Å². The second-order valence-electron chi connectivity index (χ2n) is 7.65. The molecule has 1 aliphatic heterocycles. The van der Waals surface area contributed by atoms with Crippen molar-refractivity contribution in [1.82, 2.24) is 9.78 Å². The van der Waals surface area contributed by atoms with Gasteiger partial charge in [-0.3, -0.25) is 9.48 Å². The Labute approximate surface area is 151 Å². The smallest absolute Gasteiger partial charge is 0.466 e. The van der Waals surface area contributed by atoms with E-state index in [1.807, 2.05) is 52.4 Å². The summed E-state index contributed by atoms with van der Waals surface area (Å²) < 4.78 is 19.6. The molecule has 0 aromatic carbocycles. The third-order valence-corrected chi connectivity index (χ3v) is 5.27. The van der Waals surface area contributed by atoms with E-state index in [0.29, 0.717) is 6.61 Å². The summed E-state index contributed by atoms with van der Waals surface area (Å²) in [5.41, 5.74) is 1.14. The van der Waals surface area contributed by atoms with Gasteiger partial charge < -0.3 is 14.0 Å². The molecule has 1 atom stereocenters. The molecule has 0 saturated carbocycles. The summed E-state index contributed by atoms with van der Waals surface area (Å²) in [4.78, 5) is 12.2. The van der Waals surface area contributed by atoms with Gasteiger partial charge in [-0.1, -0.05) is 6.92 Å². The van der Waals surface area contributed by atoms with Crippen LogP contribution in [0.5, 0.6) is 0 Å². The molecule has 0 spiro atoms. The summed E-state index contributed by atoms with van der Waals surface area (Å²) in [6.45, 7) is 15.2. The van der Waals surface area contributed by atoms with Crippen molar-refractivity contribution in [3.8, 4) is 0 Å². The van der Waals surface area contributed by atoms with E-state index in [9.17, 15) is 4.79 Å². The maximum Gasteiger partial charge on any atom is 0.466 e. The van der Waals surface area contributed by atoms with Gasteiger partial charge in [-0.15, -0.1) is 0 Å². The van der Waals surface area contributed by atoms with Crippen LogP contribution in [0, 0.1) is 6.92 Å². The van der Waals surface area contributed by atoms with Gasteiger partial charge in [0.05, 0.1) is 30.4 Å². The molecule has 0 radical (unpaired) electrons. The van der Waals surface area contributed by atoms with Crippen molar-refractivity contribution in [2.75, 3.05) is 6.61 Å². The molecule has 1 saturated heterocycles. The van der Waals surface area contributed by atoms with E-state index in [4.69, 9.17) is 14.0 Å². The lowest BCUT2D eigenvalue weighted by molar-refractivity contribution is -0.143. The molecule has 7 heteroatoms. The standard InChI is InChI=1S/C18H31BN2O4/c1-8-10-21-13(3)14(12-20-21)15(11-16(22)23-9-2)19-24-17(4,5)18(6,7)25-19/h12,15H,8-11H2,1-7H3. The van der Waals surface area contributed by atoms with Gasteiger partial charge in [0.15, 0.2) is 0 Å². The number of ether oxygens (including phenoxy) is 1. The van der Waals surface area contributed by atoms with Crippen LogP contribution >= 0.6 is 0 Å². The highest BCUT2D eigenvalue weighted by molar-refractivity contribution is 6.48. The van der Waals surface area contributed by atoms with Gasteiger partial charge in [0.2, 0.25) is 0 Å². The highest BCUT2D eigenvalue weighted by Gasteiger charge is 2.54. The van der Waals surface area contributed by atoms with Crippen molar-refractivity contribution < 1.29 is 18.8 Å². The Morgan fingerprint density at radius 2 is 1.88 bits per heavy atom. The van der Waals surface area contributed by atoms with Crippen LogP contribution in [-0.4, -0.2) is 40.7 Å². The molecule has 0 amide bonds. The topological polar surface area (TPSA) is 62.6 Å². The molecule has 140 valence electrons. The minimum absolute atomic E-state index is 0.212. The number of hydrogen-bond donors (Lipinski definition) is 0. The van der Waals surface area contributed by atoms with Crippen LogP contribution in [0.3, 0.4) is 0 Å². The monoisotopic (exact) mass is 350 g/mol. The SMILES string of the molecule is CCCn1ncc(C(CC(=O)OCC)B2OC(C)(C)C(C)(C)O2)c1C. The first-order chi connectivity index (χ1) is 11.6. The summed E-state index contributed by atoms with van der Waals surface area (Å²) in [6.07, 6.45) is 3.05. The van der Waals surface area contributed by atoms with Gasteiger partial charge in [-0.05, 0) is 53.5 Å². The Morgan fingerprint density at radius 1 is 1.28 bits per heavy atom. The lowest BCUT2D eigenvalue weighted by Crippen LogP contribution is -2.41. The number of nitrogens with zero attached hydrogens (tertiary/aromatic N) is 2. The molecule has 0 bridgehead atoms. The number of aryl methyl sites for hydroxylation is 1. The Kier molecular flexibility index (Phi) is 5.99. The number of aromatic nitrogens is 2. The Bertz CT molecular complexity index is 596. The zero-order valence-electron chi connectivity index (χ0n) is 16.6. The van der Waals surface area contributed by atoms with Gasteiger partial charge in [-0.2, -0.15) is 5.10 Å². The predicted molar refractivity (Wildman–Crippen MR) is 97.3 cm³/mol. The molecule has 1 aliphatic rings. The number of hydrogen-bond acceptors (Lipinski definition) is 5. The second-order valence-corrected chi connectivity index (χ2v) is 7.65. The highest BCUT2D eigenvalue weighted by atomic mass is 16.7. The summed E-state index contributed by atoms with van der Waals surface area (Å²) in [7, 11) is -0.507. The molecule has 2 heterocycles. The summed E-state index contributed by atoms with van der Waals surface area (Å²) in [5, 5.41) is 4.48. The number of carbonyl (C=O) groups is 1. The van der Waals surface area contributed by atoms with E-state index < -0.39 is 18.3 Å². The van der Waals surface area contributed by atoms with Crippen LogP contribution in [-0.2, 0) is 25.4 Å². The third kappa shape index (κ3) is 4.09. The largest absolute Gasteiger partial charge is 0.466 e. The third-order valence-electron chi connectivity index (χ3n) is 5.27. The summed E-state index contributed by atoms with van der Waals surface area (Å²) in [5.74, 6) is -0.490. The molecule has 6 nitrogen and oxygen atoms in total. The maximum atomic E-state index is 12.2. The van der Waals surface area contributed by atoms with Gasteiger partial charge in [0.1, 0.15) is 0 Å². The van der Waals surface area contributed by atoms with Crippen LogP contribution in [0.25, 0.3) is 0 Å². The van der Waals surface area contributed by atoms with Gasteiger partial charge in [0, 0.05) is 18.1 Å². The van der Waals surface area contributed by atoms with Gasteiger partial charge >= 0.3 is 13.1 Å². The van der Waals surface area contributed by atoms with E-state index in [-0.39, 0.29) is 18.2 Å². The van der Waals surface area contributed by atoms with Crippen molar-refractivity contribution in [3.05, 3.63) is 17.5 Å². The van der Waals surface area contributed by atoms with Crippen LogP contribution in [0.2, 0.25) is 0 Å². The molecular formula is C18H31BN2O4. The highest BCUT2D eigenvalue weighted by Crippen LogP contribution is 2.42. The average molecular weight is 350 g/mol. The molecule has 0 N–H and O–H groups in total. The molecule has 25 heavy (non-hydrogen) atoms. The van der Waals surface area contributed by atoms with E-state index in [1.165, 1.54) is 0 Å². The Hall–Kier alpha value is -1.34. The van der Waals surface area contributed by atoms with Crippen LogP contribution < -0.4 is 0 Å². The fourth-order valence-electron chi connectivity index (χ4n) is 3.07. The van der Waals surface area contributed by atoms with Crippen molar-refractivity contribution in [2.45, 2.75) is 84.9 Å². The fourth-order valence-corrected chi connectivity index (χ4v) is 3.07. The Balaban J connectivity index is 2.33. The molecule has 1 fully saturated rings. The average Bonchev–Trinajstić information content (AvgIpc) is 2.95. The van der Waals surface area contributed by atoms with E-state index in [0.717, 1.165) is 24.2 Å². The first kappa shape index (κ1) is 20.0. The quantitative estimate of drug-likeness (QED) is 0.558. The molecule has 1 unspecified atom stereocenters. The molecule has 1 aromatic rings. The van der Waals surface area contributed by atoms with E-state index >= 15 is 0 Å². The predicted octanol–water partition coefficient (Wildman–Crippen LogP) is 3.27. The van der Waals surface area contributed by atoms with Crippen molar-refractivity contribution in [1.29, 1.82) is 0 Å². The summed E-state index contributed by atoms with van der Waals surface area (Å²) >= 11 is 0. The molecule has 2 rings (SSSR count). The zero-order valence-corrected chi connectivity index (χ0v) is 16.6. The van der Waals surface area contributed by atoms with Crippen molar-refractivity contribution in [2.24, 2.45) is 0 Å². The molecule has 1 aromatic heterocycles. The molecule has 0 aliphatic carbocycles. The van der Waals surface area contributed by atoms with Crippen molar-refractivity contribution >= 4 is 13.1 Å². The minimum atomic E-state index is -0.507. The number of esters is 1. The first-order valence-electron chi connectivity index (χ1n) is 9.16. The van der Waals surface area contributed by atoms with Crippen molar-refractivity contribution in [3.63, 3.8) is 0 Å². The van der Waals surface area contributed by atoms with Crippen LogP contribution in [0.4, 0.5) is 0 Å². The van der Waals surface area contributed by atoms with Crippen LogP contribution in [0.1, 0.15) is 71.5 Å². The summed E-state index contributed by atoms with van der Waals surface area (Å²) in [6, 6.07) is 0. The number of rotatable bonds is 7. The van der Waals surface area contributed by atoms with Crippen LogP contribution in [0.15, 0.2) is 6.20 Å². The second kappa shape index (κ2) is 7.50.